The minimum absolute atomic E-state index is 0.0608. The fourth-order valence-electron chi connectivity index (χ4n) is 1.74. The summed E-state index contributed by atoms with van der Waals surface area (Å²) in [5.41, 5.74) is 1.75. The predicted molar refractivity (Wildman–Crippen MR) is 79.5 cm³/mol. The van der Waals surface area contributed by atoms with Gasteiger partial charge in [0, 0.05) is 5.69 Å². The van der Waals surface area contributed by atoms with Gasteiger partial charge in [-0.05, 0) is 31.2 Å². The van der Waals surface area contributed by atoms with Crippen LogP contribution in [0.5, 0.6) is 0 Å². The molecule has 2 N–H and O–H groups in total. The smallest absolute Gasteiger partial charge is 0.233 e. The molecule has 4 nitrogen and oxygen atoms in total. The van der Waals surface area contributed by atoms with Gasteiger partial charge in [-0.3, -0.25) is 9.59 Å². The first kappa shape index (κ1) is 14.7. The first-order chi connectivity index (χ1) is 10.0. The van der Waals surface area contributed by atoms with Gasteiger partial charge in [0.2, 0.25) is 11.8 Å². The van der Waals surface area contributed by atoms with Gasteiger partial charge in [0.15, 0.2) is 0 Å². The molecule has 108 valence electrons. The average Bonchev–Trinajstić information content (AvgIpc) is 2.44. The van der Waals surface area contributed by atoms with Crippen molar-refractivity contribution < 1.29 is 14.0 Å². The zero-order valence-corrected chi connectivity index (χ0v) is 11.5. The number of amides is 2. The Morgan fingerprint density at radius 3 is 2.24 bits per heavy atom. The summed E-state index contributed by atoms with van der Waals surface area (Å²) in [5, 5.41) is 4.97. The van der Waals surface area contributed by atoms with E-state index in [1.807, 2.05) is 19.1 Å². The zero-order valence-electron chi connectivity index (χ0n) is 11.5. The number of aryl methyl sites for hydroxylation is 1. The molecule has 0 saturated carbocycles. The molecule has 2 amide bonds. The molecule has 0 heterocycles. The minimum atomic E-state index is -0.565. The largest absolute Gasteiger partial charge is 0.326 e. The minimum Gasteiger partial charge on any atom is -0.326 e. The number of benzene rings is 2. The van der Waals surface area contributed by atoms with Gasteiger partial charge in [-0.25, -0.2) is 4.39 Å². The van der Waals surface area contributed by atoms with Crippen LogP contribution in [0.1, 0.15) is 12.0 Å². The van der Waals surface area contributed by atoms with Gasteiger partial charge >= 0.3 is 0 Å². The van der Waals surface area contributed by atoms with Gasteiger partial charge in [0.1, 0.15) is 12.2 Å². The SMILES string of the molecule is Cc1ccc(NC(=O)CC(=O)Nc2ccccc2F)cc1. The number of halogens is 1. The van der Waals surface area contributed by atoms with Crippen LogP contribution in [0.25, 0.3) is 0 Å². The summed E-state index contributed by atoms with van der Waals surface area (Å²) in [4.78, 5) is 23.4. The second-order valence-corrected chi connectivity index (χ2v) is 4.62. The van der Waals surface area contributed by atoms with Crippen molar-refractivity contribution in [3.05, 3.63) is 59.9 Å². The number of rotatable bonds is 4. The summed E-state index contributed by atoms with van der Waals surface area (Å²) in [6.45, 7) is 1.94. The van der Waals surface area contributed by atoms with Gasteiger partial charge in [0.05, 0.1) is 5.69 Å². The molecule has 0 aromatic heterocycles. The quantitative estimate of drug-likeness (QED) is 0.848. The Labute approximate surface area is 122 Å². The van der Waals surface area contributed by atoms with Crippen LogP contribution < -0.4 is 10.6 Å². The van der Waals surface area contributed by atoms with Crippen molar-refractivity contribution in [3.8, 4) is 0 Å². The molecule has 2 aromatic carbocycles. The second kappa shape index (κ2) is 6.65. The van der Waals surface area contributed by atoms with Crippen molar-refractivity contribution in [1.29, 1.82) is 0 Å². The molecule has 0 unspecified atom stereocenters. The van der Waals surface area contributed by atoms with Crippen molar-refractivity contribution in [2.45, 2.75) is 13.3 Å². The molecule has 2 rings (SSSR count). The molecule has 0 aliphatic rings. The highest BCUT2D eigenvalue weighted by atomic mass is 19.1. The monoisotopic (exact) mass is 286 g/mol. The summed E-state index contributed by atoms with van der Waals surface area (Å²) < 4.78 is 13.4. The lowest BCUT2D eigenvalue weighted by molar-refractivity contribution is -0.123. The molecule has 0 atom stereocenters. The van der Waals surface area contributed by atoms with E-state index in [1.54, 1.807) is 18.2 Å². The first-order valence-electron chi connectivity index (χ1n) is 6.45. The summed E-state index contributed by atoms with van der Waals surface area (Å²) in [7, 11) is 0. The van der Waals surface area contributed by atoms with E-state index in [-0.39, 0.29) is 12.1 Å². The van der Waals surface area contributed by atoms with Crippen molar-refractivity contribution in [2.24, 2.45) is 0 Å². The van der Waals surface area contributed by atoms with E-state index in [0.29, 0.717) is 5.69 Å². The van der Waals surface area contributed by atoms with Gasteiger partial charge in [-0.15, -0.1) is 0 Å². The van der Waals surface area contributed by atoms with Crippen molar-refractivity contribution in [3.63, 3.8) is 0 Å². The van der Waals surface area contributed by atoms with Gasteiger partial charge in [-0.1, -0.05) is 29.8 Å². The molecule has 0 saturated heterocycles. The highest BCUT2D eigenvalue weighted by Crippen LogP contribution is 2.13. The number of para-hydroxylation sites is 1. The van der Waals surface area contributed by atoms with Gasteiger partial charge in [-0.2, -0.15) is 0 Å². The lowest BCUT2D eigenvalue weighted by Gasteiger charge is -2.07. The molecule has 5 heteroatoms. The van der Waals surface area contributed by atoms with Crippen LogP contribution in [0.3, 0.4) is 0 Å². The van der Waals surface area contributed by atoms with E-state index >= 15 is 0 Å². The van der Waals surface area contributed by atoms with E-state index in [9.17, 15) is 14.0 Å². The Morgan fingerprint density at radius 2 is 1.57 bits per heavy atom. The fraction of sp³-hybridized carbons (Fsp3) is 0.125. The fourth-order valence-corrected chi connectivity index (χ4v) is 1.74. The Morgan fingerprint density at radius 1 is 0.952 bits per heavy atom. The van der Waals surface area contributed by atoms with E-state index in [2.05, 4.69) is 10.6 Å². The van der Waals surface area contributed by atoms with Gasteiger partial charge in [0.25, 0.3) is 0 Å². The Bertz CT molecular complexity index is 654. The average molecular weight is 286 g/mol. The summed E-state index contributed by atoms with van der Waals surface area (Å²) in [6, 6.07) is 13.0. The molecule has 21 heavy (non-hydrogen) atoms. The maximum Gasteiger partial charge on any atom is 0.233 e. The number of hydrogen-bond donors (Lipinski definition) is 2. The topological polar surface area (TPSA) is 58.2 Å². The summed E-state index contributed by atoms with van der Waals surface area (Å²) in [6.07, 6.45) is -0.373. The second-order valence-electron chi connectivity index (χ2n) is 4.62. The van der Waals surface area contributed by atoms with E-state index in [4.69, 9.17) is 0 Å². The van der Waals surface area contributed by atoms with Crippen molar-refractivity contribution in [1.82, 2.24) is 0 Å². The molecular weight excluding hydrogens is 271 g/mol. The molecule has 0 aliphatic carbocycles. The zero-order chi connectivity index (χ0) is 15.2. The van der Waals surface area contributed by atoms with E-state index < -0.39 is 17.6 Å². The van der Waals surface area contributed by atoms with Crippen molar-refractivity contribution >= 4 is 23.2 Å². The normalized spacial score (nSPS) is 10.0. The third-order valence-corrected chi connectivity index (χ3v) is 2.80. The molecular formula is C16H15FN2O2. The molecule has 0 bridgehead atoms. The number of carbonyl (C=O) groups is 2. The maximum atomic E-state index is 13.4. The predicted octanol–water partition coefficient (Wildman–Crippen LogP) is 3.10. The van der Waals surface area contributed by atoms with Crippen LogP contribution in [0.15, 0.2) is 48.5 Å². The van der Waals surface area contributed by atoms with Crippen LogP contribution >= 0.6 is 0 Å². The maximum absolute atomic E-state index is 13.4. The molecule has 0 fully saturated rings. The summed E-state index contributed by atoms with van der Waals surface area (Å²) in [5.74, 6) is -1.55. The highest BCUT2D eigenvalue weighted by Gasteiger charge is 2.11. The number of carbonyl (C=O) groups excluding carboxylic acids is 2. The van der Waals surface area contributed by atoms with Crippen LogP contribution in [0, 0.1) is 12.7 Å². The highest BCUT2D eigenvalue weighted by molar-refractivity contribution is 6.08. The summed E-state index contributed by atoms with van der Waals surface area (Å²) >= 11 is 0. The third kappa shape index (κ3) is 4.42. The molecule has 2 aromatic rings. The molecule has 0 radical (unpaired) electrons. The van der Waals surface area contributed by atoms with E-state index in [1.165, 1.54) is 18.2 Å². The molecule has 0 spiro atoms. The Balaban J connectivity index is 1.89. The molecule has 0 aliphatic heterocycles. The lowest BCUT2D eigenvalue weighted by atomic mass is 10.2. The standard InChI is InChI=1S/C16H15FN2O2/c1-11-6-8-12(9-7-11)18-15(20)10-16(21)19-14-5-3-2-4-13(14)17/h2-9H,10H2,1H3,(H,18,20)(H,19,21). The lowest BCUT2D eigenvalue weighted by Crippen LogP contribution is -2.21. The Hall–Kier alpha value is -2.69. The van der Waals surface area contributed by atoms with E-state index in [0.717, 1.165) is 5.56 Å². The van der Waals surface area contributed by atoms with Crippen LogP contribution in [-0.2, 0) is 9.59 Å². The van der Waals surface area contributed by atoms with Crippen LogP contribution in [0.2, 0.25) is 0 Å². The Kier molecular flexibility index (Phi) is 4.66. The van der Waals surface area contributed by atoms with Crippen LogP contribution in [-0.4, -0.2) is 11.8 Å². The van der Waals surface area contributed by atoms with Gasteiger partial charge < -0.3 is 10.6 Å². The van der Waals surface area contributed by atoms with Crippen molar-refractivity contribution in [2.75, 3.05) is 10.6 Å². The number of nitrogens with one attached hydrogen (secondary N) is 2. The number of hydrogen-bond acceptors (Lipinski definition) is 2. The third-order valence-electron chi connectivity index (χ3n) is 2.80. The number of anilines is 2. The van der Waals surface area contributed by atoms with Crippen LogP contribution in [0.4, 0.5) is 15.8 Å². The first-order valence-corrected chi connectivity index (χ1v) is 6.45.